The van der Waals surface area contributed by atoms with Crippen molar-refractivity contribution in [2.75, 3.05) is 0 Å². The van der Waals surface area contributed by atoms with Gasteiger partial charge in [-0.3, -0.25) is 5.41 Å². The molecule has 0 fully saturated rings. The highest BCUT2D eigenvalue weighted by molar-refractivity contribution is 5.45. The first kappa shape index (κ1) is 8.87. The van der Waals surface area contributed by atoms with E-state index < -0.39 is 0 Å². The number of rotatable bonds is 1. The minimum atomic E-state index is 1.58. The maximum atomic E-state index is 6.40. The van der Waals surface area contributed by atoms with Crippen LogP contribution in [0.2, 0.25) is 0 Å². The van der Waals surface area contributed by atoms with Crippen LogP contribution in [0.1, 0.15) is 0 Å². The molecule has 0 aromatic heterocycles. The van der Waals surface area contributed by atoms with Gasteiger partial charge in [-0.05, 0) is 17.5 Å². The van der Waals surface area contributed by atoms with Crippen molar-refractivity contribution in [2.45, 2.75) is 0 Å². The molecule has 0 aromatic carbocycles. The lowest BCUT2D eigenvalue weighted by Crippen LogP contribution is -1.30. The largest absolute Gasteiger partial charge is 0.251 e. The summed E-state index contributed by atoms with van der Waals surface area (Å²) in [6.07, 6.45) is 3.16. The highest BCUT2D eigenvalue weighted by Crippen LogP contribution is 1.61. The molecule has 0 amide bonds. The second kappa shape index (κ2) is 7.87. The van der Waals surface area contributed by atoms with Crippen LogP contribution in [-0.4, -0.2) is 5.87 Å². The molecule has 11 heavy (non-hydrogen) atoms. The van der Waals surface area contributed by atoms with Gasteiger partial charge in [0.2, 0.25) is 0 Å². The Labute approximate surface area is 65.2 Å². The van der Waals surface area contributed by atoms with Gasteiger partial charge in [-0.1, -0.05) is 18.4 Å². The standard InChI is InChI=1S/C10H5N/c1-2-3-4-5-6-7-8-9-10-11/h2-3,11H,1H2. The summed E-state index contributed by atoms with van der Waals surface area (Å²) in [5, 5.41) is 6.40. The van der Waals surface area contributed by atoms with Gasteiger partial charge >= 0.3 is 0 Å². The lowest BCUT2D eigenvalue weighted by molar-refractivity contribution is 1.60. The summed E-state index contributed by atoms with van der Waals surface area (Å²) in [7, 11) is 0. The van der Waals surface area contributed by atoms with Gasteiger partial charge in [-0.25, -0.2) is 0 Å². The summed E-state index contributed by atoms with van der Waals surface area (Å²) in [6.45, 7) is 3.44. The van der Waals surface area contributed by atoms with Gasteiger partial charge in [-0.15, -0.1) is 0 Å². The lowest BCUT2D eigenvalue weighted by Gasteiger charge is -1.49. The van der Waals surface area contributed by atoms with Gasteiger partial charge in [-0.2, -0.15) is 0 Å². The molecular weight excluding hydrogens is 134 g/mol. The van der Waals surface area contributed by atoms with Crippen molar-refractivity contribution in [3.05, 3.63) is 53.1 Å². The van der Waals surface area contributed by atoms with Crippen LogP contribution < -0.4 is 0 Å². The fourth-order valence-corrected chi connectivity index (χ4v) is 0.262. The minimum Gasteiger partial charge on any atom is -0.251 e. The van der Waals surface area contributed by atoms with E-state index in [1.54, 1.807) is 12.2 Å². The molecular formula is C10H5N. The third-order valence-corrected chi connectivity index (χ3v) is 0.586. The van der Waals surface area contributed by atoms with E-state index in [2.05, 4.69) is 41.0 Å². The van der Waals surface area contributed by atoms with Crippen LogP contribution in [0.5, 0.6) is 0 Å². The monoisotopic (exact) mass is 139 g/mol. The second-order valence-corrected chi connectivity index (χ2v) is 1.30. The number of hydrogen-bond donors (Lipinski definition) is 1. The molecule has 1 N–H and O–H groups in total. The van der Waals surface area contributed by atoms with Gasteiger partial charge in [0, 0.05) is 23.1 Å². The van der Waals surface area contributed by atoms with Crippen LogP contribution in [0.4, 0.5) is 0 Å². The maximum Gasteiger partial charge on any atom is 0.0399 e. The molecule has 0 radical (unpaired) electrons. The van der Waals surface area contributed by atoms with Crippen molar-refractivity contribution in [2.24, 2.45) is 0 Å². The van der Waals surface area contributed by atoms with E-state index in [-0.39, 0.29) is 0 Å². The van der Waals surface area contributed by atoms with Gasteiger partial charge < -0.3 is 0 Å². The van der Waals surface area contributed by atoms with E-state index in [0.717, 1.165) is 0 Å². The molecule has 1 nitrogen and oxygen atoms in total. The quantitative estimate of drug-likeness (QED) is 0.326. The van der Waals surface area contributed by atoms with E-state index in [1.165, 1.54) is 0 Å². The zero-order valence-electron chi connectivity index (χ0n) is 5.86. The van der Waals surface area contributed by atoms with Gasteiger partial charge in [0.05, 0.1) is 0 Å². The minimum absolute atomic E-state index is 1.58. The Morgan fingerprint density at radius 2 is 1.64 bits per heavy atom. The predicted octanol–water partition coefficient (Wildman–Crippen LogP) is 1.91. The normalized spacial score (nSPS) is 4.36. The smallest absolute Gasteiger partial charge is 0.0399 e. The van der Waals surface area contributed by atoms with Crippen LogP contribution in [0, 0.1) is 5.41 Å². The van der Waals surface area contributed by atoms with Crippen molar-refractivity contribution in [1.82, 2.24) is 0 Å². The van der Waals surface area contributed by atoms with Crippen molar-refractivity contribution in [3.8, 4) is 0 Å². The molecule has 0 bridgehead atoms. The third kappa shape index (κ3) is 7.87. The first-order valence-electron chi connectivity index (χ1n) is 2.78. The zero-order valence-corrected chi connectivity index (χ0v) is 5.86. The molecule has 0 aromatic rings. The Morgan fingerprint density at radius 3 is 2.27 bits per heavy atom. The van der Waals surface area contributed by atoms with Crippen molar-refractivity contribution in [1.29, 1.82) is 5.41 Å². The summed E-state index contributed by atoms with van der Waals surface area (Å²) >= 11 is 0. The molecule has 50 valence electrons. The van der Waals surface area contributed by atoms with E-state index in [0.29, 0.717) is 0 Å². The number of allylic oxidation sites excluding steroid dienone is 2. The van der Waals surface area contributed by atoms with E-state index >= 15 is 0 Å². The second-order valence-electron chi connectivity index (χ2n) is 1.30. The first-order valence-corrected chi connectivity index (χ1v) is 2.78. The summed E-state index contributed by atoms with van der Waals surface area (Å²) in [5.74, 6) is 1.88. The van der Waals surface area contributed by atoms with Gasteiger partial charge in [0.1, 0.15) is 0 Å². The maximum absolute atomic E-state index is 6.40. The van der Waals surface area contributed by atoms with Crippen LogP contribution in [0.15, 0.2) is 53.1 Å². The van der Waals surface area contributed by atoms with Crippen molar-refractivity contribution in [3.63, 3.8) is 0 Å². The van der Waals surface area contributed by atoms with E-state index in [9.17, 15) is 0 Å². The summed E-state index contributed by atoms with van der Waals surface area (Å²) < 4.78 is 0. The van der Waals surface area contributed by atoms with Crippen LogP contribution >= 0.6 is 0 Å². The molecule has 1 heteroatoms. The molecule has 0 aliphatic rings. The molecule has 0 saturated heterocycles. The topological polar surface area (TPSA) is 23.9 Å². The molecule has 0 unspecified atom stereocenters. The number of nitrogens with one attached hydrogen (secondary N) is 1. The average molecular weight is 139 g/mol. The molecule has 0 atom stereocenters. The molecule has 0 aliphatic carbocycles. The van der Waals surface area contributed by atoms with Crippen molar-refractivity contribution >= 4 is 5.87 Å². The third-order valence-electron chi connectivity index (χ3n) is 0.586. The SMILES string of the molecule is C=CC=C=C=C=C=C=C=C=N. The molecule has 0 aliphatic heterocycles. The fraction of sp³-hybridized carbons (Fsp3) is 0. The Kier molecular flexibility index (Phi) is 6.35. The Hall–Kier alpha value is -2.13. The van der Waals surface area contributed by atoms with Crippen molar-refractivity contribution < 1.29 is 0 Å². The Bertz CT molecular complexity index is 384. The number of hydrogen-bond acceptors (Lipinski definition) is 1. The lowest BCUT2D eigenvalue weighted by atomic mass is 10.6. The van der Waals surface area contributed by atoms with Crippen LogP contribution in [0.25, 0.3) is 0 Å². The van der Waals surface area contributed by atoms with Gasteiger partial charge in [0.15, 0.2) is 0 Å². The Balaban J connectivity index is 5.02. The van der Waals surface area contributed by atoms with E-state index in [1.807, 2.05) is 5.87 Å². The molecule has 0 spiro atoms. The zero-order chi connectivity index (χ0) is 8.36. The molecule has 0 saturated carbocycles. The fourth-order valence-electron chi connectivity index (χ4n) is 0.262. The summed E-state index contributed by atoms with van der Waals surface area (Å²) in [6, 6.07) is 0. The predicted molar refractivity (Wildman–Crippen MR) is 43.6 cm³/mol. The highest BCUT2D eigenvalue weighted by atomic mass is 14.3. The van der Waals surface area contributed by atoms with Gasteiger partial charge in [0.25, 0.3) is 0 Å². The van der Waals surface area contributed by atoms with Crippen LogP contribution in [-0.2, 0) is 0 Å². The Morgan fingerprint density at radius 1 is 1.00 bits per heavy atom. The van der Waals surface area contributed by atoms with Crippen LogP contribution in [0.3, 0.4) is 0 Å². The average Bonchev–Trinajstić information content (AvgIpc) is 2.03. The molecule has 0 heterocycles. The highest BCUT2D eigenvalue weighted by Gasteiger charge is 1.43. The van der Waals surface area contributed by atoms with E-state index in [4.69, 9.17) is 5.41 Å². The summed E-state index contributed by atoms with van der Waals surface area (Å²) in [5.41, 5.74) is 14.6. The summed E-state index contributed by atoms with van der Waals surface area (Å²) in [4.78, 5) is 0. The first-order chi connectivity index (χ1) is 5.41. The molecule has 0 rings (SSSR count).